The lowest BCUT2D eigenvalue weighted by molar-refractivity contribution is -0.00461. The van der Waals surface area contributed by atoms with Gasteiger partial charge in [0.05, 0.1) is 12.2 Å². The first-order chi connectivity index (χ1) is 9.24. The van der Waals surface area contributed by atoms with Gasteiger partial charge in [-0.1, -0.05) is 19.8 Å². The summed E-state index contributed by atoms with van der Waals surface area (Å²) in [6.45, 7) is 6.25. The van der Waals surface area contributed by atoms with E-state index >= 15 is 0 Å². The molecule has 0 aromatic heterocycles. The van der Waals surface area contributed by atoms with Gasteiger partial charge in [-0.3, -0.25) is 4.90 Å². The third-order valence-corrected chi connectivity index (χ3v) is 4.26. The van der Waals surface area contributed by atoms with Gasteiger partial charge in [0.2, 0.25) is 0 Å². The van der Waals surface area contributed by atoms with Crippen molar-refractivity contribution in [3.05, 3.63) is 0 Å². The Morgan fingerprint density at radius 3 is 2.21 bits per heavy atom. The average Bonchev–Trinajstić information content (AvgIpc) is 2.81. The maximum atomic E-state index is 5.68. The number of ether oxygens (including phenoxy) is 2. The molecule has 1 rings (SSSR count). The molecule has 1 aliphatic heterocycles. The highest BCUT2D eigenvalue weighted by Crippen LogP contribution is 2.20. The number of rotatable bonds is 10. The van der Waals surface area contributed by atoms with Gasteiger partial charge in [-0.15, -0.1) is 0 Å². The van der Waals surface area contributed by atoms with Crippen LogP contribution in [0.4, 0.5) is 0 Å². The van der Waals surface area contributed by atoms with E-state index in [1.165, 1.54) is 32.1 Å². The Morgan fingerprint density at radius 1 is 1.11 bits per heavy atom. The average molecular weight is 272 g/mol. The molecular formula is C15H32N2O2. The van der Waals surface area contributed by atoms with E-state index in [-0.39, 0.29) is 12.2 Å². The van der Waals surface area contributed by atoms with Crippen LogP contribution in [0, 0.1) is 5.92 Å². The van der Waals surface area contributed by atoms with Crippen LogP contribution < -0.4 is 5.73 Å². The largest absolute Gasteiger partial charge is 0.377 e. The molecule has 3 unspecified atom stereocenters. The normalized spacial score (nSPS) is 25.9. The zero-order valence-corrected chi connectivity index (χ0v) is 12.9. The quantitative estimate of drug-likeness (QED) is 0.659. The fourth-order valence-electron chi connectivity index (χ4n) is 3.13. The molecule has 0 amide bonds. The Bertz CT molecular complexity index is 208. The molecule has 4 heteroatoms. The minimum atomic E-state index is 0.237. The summed E-state index contributed by atoms with van der Waals surface area (Å²) >= 11 is 0. The van der Waals surface area contributed by atoms with Gasteiger partial charge >= 0.3 is 0 Å². The van der Waals surface area contributed by atoms with Crippen LogP contribution >= 0.6 is 0 Å². The number of hydrogen-bond acceptors (Lipinski definition) is 4. The fourth-order valence-corrected chi connectivity index (χ4v) is 3.13. The molecule has 1 saturated heterocycles. The lowest BCUT2D eigenvalue weighted by atomic mass is 9.94. The fraction of sp³-hybridized carbons (Fsp3) is 1.00. The first-order valence-electron chi connectivity index (χ1n) is 7.73. The highest BCUT2D eigenvalue weighted by atomic mass is 16.5. The van der Waals surface area contributed by atoms with Crippen LogP contribution in [0.3, 0.4) is 0 Å². The highest BCUT2D eigenvalue weighted by molar-refractivity contribution is 4.85. The predicted molar refractivity (Wildman–Crippen MR) is 79.3 cm³/mol. The minimum Gasteiger partial charge on any atom is -0.377 e. The van der Waals surface area contributed by atoms with E-state index in [2.05, 4.69) is 11.8 Å². The topological polar surface area (TPSA) is 47.7 Å². The Hall–Kier alpha value is -0.160. The Kier molecular flexibility index (Phi) is 8.62. The summed E-state index contributed by atoms with van der Waals surface area (Å²) < 4.78 is 10.9. The SMILES string of the molecule is CCCC(CCN)CCCN1CC(OC)C(OC)C1. The third kappa shape index (κ3) is 5.78. The zero-order chi connectivity index (χ0) is 14.1. The molecule has 3 atom stereocenters. The molecule has 1 fully saturated rings. The van der Waals surface area contributed by atoms with Gasteiger partial charge in [0, 0.05) is 27.3 Å². The number of hydrogen-bond donors (Lipinski definition) is 1. The van der Waals surface area contributed by atoms with Gasteiger partial charge < -0.3 is 15.2 Å². The van der Waals surface area contributed by atoms with E-state index in [4.69, 9.17) is 15.2 Å². The molecule has 0 radical (unpaired) electrons. The molecule has 114 valence electrons. The van der Waals surface area contributed by atoms with Crippen LogP contribution in [-0.4, -0.2) is 57.5 Å². The summed E-state index contributed by atoms with van der Waals surface area (Å²) in [7, 11) is 3.55. The smallest absolute Gasteiger partial charge is 0.0971 e. The van der Waals surface area contributed by atoms with Crippen molar-refractivity contribution in [2.24, 2.45) is 11.7 Å². The molecule has 1 heterocycles. The van der Waals surface area contributed by atoms with E-state index < -0.39 is 0 Å². The molecular weight excluding hydrogens is 240 g/mol. The maximum absolute atomic E-state index is 5.68. The second-order valence-electron chi connectivity index (χ2n) is 5.68. The van der Waals surface area contributed by atoms with E-state index in [9.17, 15) is 0 Å². The second-order valence-corrected chi connectivity index (χ2v) is 5.68. The lowest BCUT2D eigenvalue weighted by Crippen LogP contribution is -2.27. The number of nitrogens with two attached hydrogens (primary N) is 1. The Labute approximate surface area is 118 Å². The molecule has 19 heavy (non-hydrogen) atoms. The summed E-state index contributed by atoms with van der Waals surface area (Å²) in [6, 6.07) is 0. The molecule has 0 bridgehead atoms. The van der Waals surface area contributed by atoms with Crippen molar-refractivity contribution in [2.75, 3.05) is 40.4 Å². The highest BCUT2D eigenvalue weighted by Gasteiger charge is 2.32. The first kappa shape index (κ1) is 16.9. The van der Waals surface area contributed by atoms with Crippen LogP contribution in [0.5, 0.6) is 0 Å². The summed E-state index contributed by atoms with van der Waals surface area (Å²) in [5.74, 6) is 0.814. The van der Waals surface area contributed by atoms with Crippen molar-refractivity contribution in [1.82, 2.24) is 4.90 Å². The molecule has 0 aliphatic carbocycles. The van der Waals surface area contributed by atoms with Crippen molar-refractivity contribution in [1.29, 1.82) is 0 Å². The maximum Gasteiger partial charge on any atom is 0.0971 e. The van der Waals surface area contributed by atoms with Crippen molar-refractivity contribution < 1.29 is 9.47 Å². The van der Waals surface area contributed by atoms with Crippen molar-refractivity contribution in [3.63, 3.8) is 0 Å². The predicted octanol–water partition coefficient (Wildman–Crippen LogP) is 1.88. The van der Waals surface area contributed by atoms with Crippen LogP contribution in [0.2, 0.25) is 0 Å². The molecule has 0 aromatic carbocycles. The second kappa shape index (κ2) is 9.70. The third-order valence-electron chi connectivity index (χ3n) is 4.26. The molecule has 2 N–H and O–H groups in total. The standard InChI is InChI=1S/C15H32N2O2/c1-4-6-13(8-9-16)7-5-10-17-11-14(18-2)15(12-17)19-3/h13-15H,4-12,16H2,1-3H3. The molecule has 1 aliphatic rings. The summed E-state index contributed by atoms with van der Waals surface area (Å²) in [5, 5.41) is 0. The van der Waals surface area contributed by atoms with Gasteiger partial charge in [0.25, 0.3) is 0 Å². The molecule has 0 spiro atoms. The van der Waals surface area contributed by atoms with Crippen LogP contribution in [-0.2, 0) is 9.47 Å². The summed E-state index contributed by atoms with van der Waals surface area (Å²) in [5.41, 5.74) is 5.68. The van der Waals surface area contributed by atoms with E-state index in [1.54, 1.807) is 14.2 Å². The monoisotopic (exact) mass is 272 g/mol. The van der Waals surface area contributed by atoms with E-state index in [0.29, 0.717) is 0 Å². The Morgan fingerprint density at radius 2 is 1.74 bits per heavy atom. The van der Waals surface area contributed by atoms with E-state index in [0.717, 1.165) is 32.1 Å². The van der Waals surface area contributed by atoms with Crippen LogP contribution in [0.1, 0.15) is 39.0 Å². The summed E-state index contributed by atoms with van der Waals surface area (Å²) in [6.07, 6.45) is 6.80. The van der Waals surface area contributed by atoms with Crippen molar-refractivity contribution in [2.45, 2.75) is 51.2 Å². The molecule has 4 nitrogen and oxygen atoms in total. The zero-order valence-electron chi connectivity index (χ0n) is 12.9. The van der Waals surface area contributed by atoms with Gasteiger partial charge in [-0.05, 0) is 38.3 Å². The Balaban J connectivity index is 2.21. The molecule has 0 aromatic rings. The van der Waals surface area contributed by atoms with Crippen LogP contribution in [0.15, 0.2) is 0 Å². The lowest BCUT2D eigenvalue weighted by Gasteiger charge is -2.18. The summed E-state index contributed by atoms with van der Waals surface area (Å²) in [4.78, 5) is 2.47. The minimum absolute atomic E-state index is 0.237. The number of likely N-dealkylation sites (tertiary alicyclic amines) is 1. The van der Waals surface area contributed by atoms with E-state index in [1.807, 2.05) is 0 Å². The van der Waals surface area contributed by atoms with Crippen LogP contribution in [0.25, 0.3) is 0 Å². The number of nitrogens with zero attached hydrogens (tertiary/aromatic N) is 1. The number of methoxy groups -OCH3 is 2. The molecule has 0 saturated carbocycles. The van der Waals surface area contributed by atoms with Crippen molar-refractivity contribution >= 4 is 0 Å². The van der Waals surface area contributed by atoms with Gasteiger partial charge in [-0.2, -0.15) is 0 Å². The first-order valence-corrected chi connectivity index (χ1v) is 7.73. The van der Waals surface area contributed by atoms with Gasteiger partial charge in [0.15, 0.2) is 0 Å². The van der Waals surface area contributed by atoms with Gasteiger partial charge in [-0.25, -0.2) is 0 Å². The van der Waals surface area contributed by atoms with Crippen molar-refractivity contribution in [3.8, 4) is 0 Å². The van der Waals surface area contributed by atoms with Gasteiger partial charge in [0.1, 0.15) is 0 Å².